The maximum Gasteiger partial charge on any atom is 0.0236 e. The zero-order chi connectivity index (χ0) is 9.80. The number of benzene rings is 1. The standard InChI is InChI=1S/C12H16ClN/c13-7-3-8-14-9-6-11-4-1-2-5-12(11)10-14/h1-2,4-5H,3,6-10H2. The lowest BCUT2D eigenvalue weighted by Gasteiger charge is -2.28. The third-order valence-electron chi connectivity index (χ3n) is 2.82. The summed E-state index contributed by atoms with van der Waals surface area (Å²) in [7, 11) is 0. The van der Waals surface area contributed by atoms with Crippen molar-refractivity contribution in [3.8, 4) is 0 Å². The minimum atomic E-state index is 0.776. The quantitative estimate of drug-likeness (QED) is 0.692. The molecule has 0 saturated heterocycles. The molecule has 0 bridgehead atoms. The summed E-state index contributed by atoms with van der Waals surface area (Å²) in [5, 5.41) is 0. The van der Waals surface area contributed by atoms with Crippen LogP contribution in [0.25, 0.3) is 0 Å². The highest BCUT2D eigenvalue weighted by atomic mass is 35.5. The molecule has 1 aromatic rings. The Morgan fingerprint density at radius 3 is 2.79 bits per heavy atom. The lowest BCUT2D eigenvalue weighted by atomic mass is 10.00. The minimum absolute atomic E-state index is 0.776. The topological polar surface area (TPSA) is 3.24 Å². The Hall–Kier alpha value is -0.530. The second kappa shape index (κ2) is 4.81. The van der Waals surface area contributed by atoms with Crippen LogP contribution in [0.1, 0.15) is 17.5 Å². The fourth-order valence-corrected chi connectivity index (χ4v) is 2.15. The third-order valence-corrected chi connectivity index (χ3v) is 3.08. The molecule has 0 aliphatic carbocycles. The van der Waals surface area contributed by atoms with Gasteiger partial charge >= 0.3 is 0 Å². The van der Waals surface area contributed by atoms with Gasteiger partial charge in [-0.05, 0) is 30.5 Å². The Kier molecular flexibility index (Phi) is 3.44. The van der Waals surface area contributed by atoms with E-state index in [9.17, 15) is 0 Å². The molecule has 0 fully saturated rings. The zero-order valence-electron chi connectivity index (χ0n) is 8.38. The molecule has 14 heavy (non-hydrogen) atoms. The molecule has 0 N–H and O–H groups in total. The van der Waals surface area contributed by atoms with Crippen molar-refractivity contribution in [3.05, 3.63) is 35.4 Å². The van der Waals surface area contributed by atoms with E-state index in [1.165, 1.54) is 24.1 Å². The van der Waals surface area contributed by atoms with E-state index in [1.54, 1.807) is 0 Å². The van der Waals surface area contributed by atoms with Gasteiger partial charge in [-0.25, -0.2) is 0 Å². The van der Waals surface area contributed by atoms with Gasteiger partial charge in [-0.15, -0.1) is 11.6 Å². The van der Waals surface area contributed by atoms with Crippen LogP contribution in [0.5, 0.6) is 0 Å². The van der Waals surface area contributed by atoms with E-state index < -0.39 is 0 Å². The Morgan fingerprint density at radius 2 is 2.00 bits per heavy atom. The summed E-state index contributed by atoms with van der Waals surface area (Å²) >= 11 is 5.69. The van der Waals surface area contributed by atoms with E-state index in [4.69, 9.17) is 11.6 Å². The largest absolute Gasteiger partial charge is 0.299 e. The number of fused-ring (bicyclic) bond motifs is 1. The van der Waals surface area contributed by atoms with Gasteiger partial charge in [0.05, 0.1) is 0 Å². The van der Waals surface area contributed by atoms with Gasteiger partial charge in [0.2, 0.25) is 0 Å². The molecule has 1 heterocycles. The molecule has 0 atom stereocenters. The van der Waals surface area contributed by atoms with Crippen LogP contribution >= 0.6 is 11.6 Å². The van der Waals surface area contributed by atoms with Gasteiger partial charge in [-0.3, -0.25) is 4.90 Å². The SMILES string of the molecule is ClCCCN1CCc2ccccc2C1. The van der Waals surface area contributed by atoms with Gasteiger partial charge in [0.15, 0.2) is 0 Å². The van der Waals surface area contributed by atoms with Gasteiger partial charge in [-0.2, -0.15) is 0 Å². The number of rotatable bonds is 3. The van der Waals surface area contributed by atoms with Gasteiger partial charge in [0.25, 0.3) is 0 Å². The van der Waals surface area contributed by atoms with Crippen LogP contribution in [0.15, 0.2) is 24.3 Å². The smallest absolute Gasteiger partial charge is 0.0236 e. The molecule has 1 nitrogen and oxygen atoms in total. The maximum atomic E-state index is 5.69. The van der Waals surface area contributed by atoms with Crippen molar-refractivity contribution < 1.29 is 0 Å². The number of nitrogens with zero attached hydrogens (tertiary/aromatic N) is 1. The van der Waals surface area contributed by atoms with Gasteiger partial charge in [0.1, 0.15) is 0 Å². The lowest BCUT2D eigenvalue weighted by molar-refractivity contribution is 0.255. The van der Waals surface area contributed by atoms with Crippen molar-refractivity contribution in [1.82, 2.24) is 4.90 Å². The summed E-state index contributed by atoms with van der Waals surface area (Å²) in [6.07, 6.45) is 2.29. The fourth-order valence-electron chi connectivity index (χ4n) is 2.03. The third kappa shape index (κ3) is 2.28. The maximum absolute atomic E-state index is 5.69. The first kappa shape index (κ1) is 10.0. The molecule has 0 radical (unpaired) electrons. The monoisotopic (exact) mass is 209 g/mol. The van der Waals surface area contributed by atoms with Gasteiger partial charge in [-0.1, -0.05) is 24.3 Å². The van der Waals surface area contributed by atoms with E-state index in [1.807, 2.05) is 0 Å². The Bertz CT molecular complexity index is 298. The molecule has 0 amide bonds. The summed E-state index contributed by atoms with van der Waals surface area (Å²) in [6, 6.07) is 8.74. The molecule has 0 aromatic heterocycles. The van der Waals surface area contributed by atoms with Gasteiger partial charge in [0, 0.05) is 19.0 Å². The van der Waals surface area contributed by atoms with Crippen molar-refractivity contribution in [2.24, 2.45) is 0 Å². The Labute approximate surface area is 90.7 Å². The normalized spacial score (nSPS) is 16.6. The van der Waals surface area contributed by atoms with Crippen LogP contribution in [0.2, 0.25) is 0 Å². The second-order valence-corrected chi connectivity index (χ2v) is 4.22. The van der Waals surface area contributed by atoms with Crippen molar-refractivity contribution in [3.63, 3.8) is 0 Å². The van der Waals surface area contributed by atoms with Crippen LogP contribution in [0.3, 0.4) is 0 Å². The summed E-state index contributed by atoms with van der Waals surface area (Å²) in [4.78, 5) is 2.49. The molecule has 0 saturated carbocycles. The van der Waals surface area contributed by atoms with Crippen LogP contribution in [-0.2, 0) is 13.0 Å². The highest BCUT2D eigenvalue weighted by molar-refractivity contribution is 6.17. The lowest BCUT2D eigenvalue weighted by Crippen LogP contribution is -2.31. The summed E-state index contributed by atoms with van der Waals surface area (Å²) in [6.45, 7) is 3.43. The highest BCUT2D eigenvalue weighted by Crippen LogP contribution is 2.18. The Morgan fingerprint density at radius 1 is 1.21 bits per heavy atom. The van der Waals surface area contributed by atoms with Crippen LogP contribution in [0.4, 0.5) is 0 Å². The van der Waals surface area contributed by atoms with Crippen molar-refractivity contribution in [2.45, 2.75) is 19.4 Å². The average Bonchev–Trinajstić information content (AvgIpc) is 2.26. The minimum Gasteiger partial charge on any atom is -0.299 e. The van der Waals surface area contributed by atoms with Crippen molar-refractivity contribution in [1.29, 1.82) is 0 Å². The summed E-state index contributed by atoms with van der Waals surface area (Å²) in [5.41, 5.74) is 3.02. The van der Waals surface area contributed by atoms with E-state index in [0.29, 0.717) is 0 Å². The van der Waals surface area contributed by atoms with Crippen molar-refractivity contribution >= 4 is 11.6 Å². The molecule has 1 aromatic carbocycles. The second-order valence-electron chi connectivity index (χ2n) is 3.84. The van der Waals surface area contributed by atoms with Crippen molar-refractivity contribution in [2.75, 3.05) is 19.0 Å². The predicted octanol–water partition coefficient (Wildman–Crippen LogP) is 2.67. The summed E-state index contributed by atoms with van der Waals surface area (Å²) < 4.78 is 0. The first-order chi connectivity index (χ1) is 6.90. The van der Waals surface area contributed by atoms with Crippen LogP contribution in [0, 0.1) is 0 Å². The molecule has 0 unspecified atom stereocenters. The molecule has 1 aliphatic rings. The Balaban J connectivity index is 1.99. The molecule has 2 rings (SSSR count). The average molecular weight is 210 g/mol. The molecular weight excluding hydrogens is 194 g/mol. The number of alkyl halides is 1. The number of hydrogen-bond donors (Lipinski definition) is 0. The first-order valence-corrected chi connectivity index (χ1v) is 5.78. The molecule has 1 aliphatic heterocycles. The molecule has 0 spiro atoms. The highest BCUT2D eigenvalue weighted by Gasteiger charge is 2.14. The fraction of sp³-hybridized carbons (Fsp3) is 0.500. The first-order valence-electron chi connectivity index (χ1n) is 5.25. The van der Waals surface area contributed by atoms with Crippen LogP contribution in [-0.4, -0.2) is 23.9 Å². The van der Waals surface area contributed by atoms with E-state index in [0.717, 1.165) is 25.4 Å². The molecule has 76 valence electrons. The molecule has 2 heteroatoms. The number of halogens is 1. The van der Waals surface area contributed by atoms with E-state index in [-0.39, 0.29) is 0 Å². The van der Waals surface area contributed by atoms with Gasteiger partial charge < -0.3 is 0 Å². The molecular formula is C12H16ClN. The van der Waals surface area contributed by atoms with E-state index in [2.05, 4.69) is 29.2 Å². The number of hydrogen-bond acceptors (Lipinski definition) is 1. The zero-order valence-corrected chi connectivity index (χ0v) is 9.13. The van der Waals surface area contributed by atoms with Crippen LogP contribution < -0.4 is 0 Å². The van der Waals surface area contributed by atoms with E-state index >= 15 is 0 Å². The predicted molar refractivity (Wildman–Crippen MR) is 60.8 cm³/mol. The summed E-state index contributed by atoms with van der Waals surface area (Å²) in [5.74, 6) is 0.776.